The normalized spacial score (nSPS) is 11.8. The average molecular weight is 392 g/mol. The zero-order valence-corrected chi connectivity index (χ0v) is 18.2. The van der Waals surface area contributed by atoms with Crippen molar-refractivity contribution >= 4 is 11.9 Å². The van der Waals surface area contributed by atoms with Crippen LogP contribution in [0.15, 0.2) is 29.3 Å². The first-order valence-electron chi connectivity index (χ1n) is 10.0. The summed E-state index contributed by atoms with van der Waals surface area (Å²) in [6.07, 6.45) is 0. The number of nitrogens with one attached hydrogen (secondary N) is 3. The van der Waals surface area contributed by atoms with E-state index in [2.05, 4.69) is 53.5 Å². The second-order valence-electron chi connectivity index (χ2n) is 7.17. The highest BCUT2D eigenvalue weighted by molar-refractivity contribution is 5.84. The van der Waals surface area contributed by atoms with Gasteiger partial charge >= 0.3 is 0 Å². The summed E-state index contributed by atoms with van der Waals surface area (Å²) in [7, 11) is 1.63. The molecule has 0 aliphatic heterocycles. The van der Waals surface area contributed by atoms with Gasteiger partial charge in [0.1, 0.15) is 12.3 Å². The van der Waals surface area contributed by atoms with Crippen molar-refractivity contribution in [1.82, 2.24) is 20.9 Å². The van der Waals surface area contributed by atoms with Crippen LogP contribution >= 0.6 is 0 Å². The van der Waals surface area contributed by atoms with Gasteiger partial charge in [-0.25, -0.2) is 4.99 Å². The van der Waals surface area contributed by atoms with Gasteiger partial charge in [0.15, 0.2) is 5.96 Å². The Balaban J connectivity index is 2.45. The quantitative estimate of drug-likeness (QED) is 0.397. The van der Waals surface area contributed by atoms with E-state index in [4.69, 9.17) is 4.74 Å². The first-order chi connectivity index (χ1) is 13.4. The van der Waals surface area contributed by atoms with E-state index in [1.54, 1.807) is 7.11 Å². The zero-order valence-electron chi connectivity index (χ0n) is 18.2. The van der Waals surface area contributed by atoms with Crippen LogP contribution in [0.1, 0.15) is 40.2 Å². The highest BCUT2D eigenvalue weighted by atomic mass is 16.5. The number of ether oxygens (including phenoxy) is 1. The molecule has 0 spiro atoms. The third kappa shape index (κ3) is 9.08. The number of nitrogens with zero attached hydrogens (tertiary/aromatic N) is 2. The number of carbonyl (C=O) groups excluding carboxylic acids is 1. The van der Waals surface area contributed by atoms with Gasteiger partial charge in [-0.3, -0.25) is 9.69 Å². The van der Waals surface area contributed by atoms with Crippen molar-refractivity contribution in [2.45, 2.75) is 53.2 Å². The lowest BCUT2D eigenvalue weighted by Crippen LogP contribution is -2.45. The Labute approximate surface area is 169 Å². The topological polar surface area (TPSA) is 78.0 Å². The van der Waals surface area contributed by atoms with Gasteiger partial charge in [-0.05, 0) is 52.3 Å². The fraction of sp³-hybridized carbons (Fsp3) is 0.619. The lowest BCUT2D eigenvalue weighted by atomic mass is 10.2. The second-order valence-corrected chi connectivity index (χ2v) is 7.17. The molecule has 3 N–H and O–H groups in total. The molecule has 0 heterocycles. The van der Waals surface area contributed by atoms with E-state index in [0.29, 0.717) is 24.6 Å². The third-order valence-corrected chi connectivity index (χ3v) is 4.36. The molecule has 0 saturated carbocycles. The van der Waals surface area contributed by atoms with Crippen molar-refractivity contribution in [3.05, 3.63) is 29.8 Å². The lowest BCUT2D eigenvalue weighted by Gasteiger charge is -2.30. The van der Waals surface area contributed by atoms with Crippen molar-refractivity contribution < 1.29 is 9.53 Å². The van der Waals surface area contributed by atoms with Crippen molar-refractivity contribution in [2.75, 3.05) is 33.3 Å². The molecule has 0 bridgehead atoms. The molecule has 0 atom stereocenters. The predicted molar refractivity (Wildman–Crippen MR) is 116 cm³/mol. The molecule has 28 heavy (non-hydrogen) atoms. The smallest absolute Gasteiger partial charge is 0.242 e. The molecule has 0 radical (unpaired) electrons. The molecule has 1 rings (SSSR count). The summed E-state index contributed by atoms with van der Waals surface area (Å²) >= 11 is 0. The molecule has 0 aliphatic rings. The van der Waals surface area contributed by atoms with Crippen LogP contribution in [-0.2, 0) is 11.3 Å². The van der Waals surface area contributed by atoms with E-state index < -0.39 is 0 Å². The fourth-order valence-electron chi connectivity index (χ4n) is 2.91. The molecule has 0 fully saturated rings. The van der Waals surface area contributed by atoms with Gasteiger partial charge in [0.05, 0.1) is 7.11 Å². The molecule has 1 amide bonds. The Morgan fingerprint density at radius 1 is 1.07 bits per heavy atom. The van der Waals surface area contributed by atoms with Gasteiger partial charge in [0.25, 0.3) is 0 Å². The predicted octanol–water partition coefficient (Wildman–Crippen LogP) is 1.99. The van der Waals surface area contributed by atoms with E-state index in [9.17, 15) is 4.79 Å². The summed E-state index contributed by atoms with van der Waals surface area (Å²) < 4.78 is 5.13. The van der Waals surface area contributed by atoms with E-state index >= 15 is 0 Å². The fourth-order valence-corrected chi connectivity index (χ4v) is 2.91. The molecular formula is C21H37N5O2. The number of carbonyl (C=O) groups is 1. The van der Waals surface area contributed by atoms with Crippen molar-refractivity contribution in [2.24, 2.45) is 4.99 Å². The number of methoxy groups -OCH3 is 1. The van der Waals surface area contributed by atoms with Crippen LogP contribution in [0, 0.1) is 0 Å². The summed E-state index contributed by atoms with van der Waals surface area (Å²) in [6, 6.07) is 8.61. The lowest BCUT2D eigenvalue weighted by molar-refractivity contribution is -0.119. The minimum absolute atomic E-state index is 0.0869. The molecule has 1 aromatic rings. The standard InChI is InChI=1S/C21H37N5O2/c1-7-22-21(23-12-13-26(16(2)3)17(4)5)25-15-20(27)24-14-18-8-10-19(28-6)11-9-18/h8-11,16-17H,7,12-15H2,1-6H3,(H,24,27)(H2,22,23,25). The minimum atomic E-state index is -0.112. The number of aliphatic imine (C=N–C) groups is 1. The number of hydrogen-bond acceptors (Lipinski definition) is 4. The molecular weight excluding hydrogens is 354 g/mol. The summed E-state index contributed by atoms with van der Waals surface area (Å²) in [5.41, 5.74) is 1.02. The molecule has 0 aliphatic carbocycles. The Morgan fingerprint density at radius 2 is 1.71 bits per heavy atom. The van der Waals surface area contributed by atoms with Crippen molar-refractivity contribution in [3.63, 3.8) is 0 Å². The first-order valence-corrected chi connectivity index (χ1v) is 10.0. The molecule has 0 unspecified atom stereocenters. The Morgan fingerprint density at radius 3 is 2.25 bits per heavy atom. The van der Waals surface area contributed by atoms with Crippen LogP contribution in [0.4, 0.5) is 0 Å². The Bertz CT molecular complexity index is 591. The highest BCUT2D eigenvalue weighted by Crippen LogP contribution is 2.10. The number of benzene rings is 1. The maximum Gasteiger partial charge on any atom is 0.242 e. The van der Waals surface area contributed by atoms with Gasteiger partial charge in [-0.15, -0.1) is 0 Å². The number of hydrogen-bond donors (Lipinski definition) is 3. The molecule has 0 aromatic heterocycles. The largest absolute Gasteiger partial charge is 0.497 e. The Hall–Kier alpha value is -2.28. The number of guanidine groups is 1. The van der Waals surface area contributed by atoms with E-state index in [1.165, 1.54) is 0 Å². The molecule has 158 valence electrons. The zero-order chi connectivity index (χ0) is 20.9. The molecule has 7 nitrogen and oxygen atoms in total. The molecule has 0 saturated heterocycles. The second kappa shape index (κ2) is 13.0. The van der Waals surface area contributed by atoms with Crippen LogP contribution in [0.25, 0.3) is 0 Å². The maximum absolute atomic E-state index is 12.1. The monoisotopic (exact) mass is 391 g/mol. The van der Waals surface area contributed by atoms with Gasteiger partial charge < -0.3 is 20.7 Å². The van der Waals surface area contributed by atoms with Crippen LogP contribution in [0.5, 0.6) is 5.75 Å². The number of amides is 1. The van der Waals surface area contributed by atoms with Gasteiger partial charge in [0, 0.05) is 38.3 Å². The van der Waals surface area contributed by atoms with Crippen LogP contribution in [0.3, 0.4) is 0 Å². The SMILES string of the molecule is CCNC(=NCC(=O)NCc1ccc(OC)cc1)NCCN(C(C)C)C(C)C. The summed E-state index contributed by atoms with van der Waals surface area (Å²) in [4.78, 5) is 18.9. The average Bonchev–Trinajstić information content (AvgIpc) is 2.67. The van der Waals surface area contributed by atoms with Crippen LogP contribution < -0.4 is 20.7 Å². The summed E-state index contributed by atoms with van der Waals surface area (Å²) in [5.74, 6) is 1.35. The third-order valence-electron chi connectivity index (χ3n) is 4.36. The van der Waals surface area contributed by atoms with Crippen molar-refractivity contribution in [3.8, 4) is 5.75 Å². The van der Waals surface area contributed by atoms with Crippen LogP contribution in [0.2, 0.25) is 0 Å². The van der Waals surface area contributed by atoms with E-state index in [-0.39, 0.29) is 12.5 Å². The summed E-state index contributed by atoms with van der Waals surface area (Å²) in [6.45, 7) is 13.8. The first kappa shape index (κ1) is 23.8. The molecule has 7 heteroatoms. The van der Waals surface area contributed by atoms with E-state index in [1.807, 2.05) is 31.2 Å². The van der Waals surface area contributed by atoms with Crippen LogP contribution in [-0.4, -0.2) is 62.1 Å². The van der Waals surface area contributed by atoms with Gasteiger partial charge in [-0.1, -0.05) is 12.1 Å². The maximum atomic E-state index is 12.1. The van der Waals surface area contributed by atoms with E-state index in [0.717, 1.165) is 30.9 Å². The summed E-state index contributed by atoms with van der Waals surface area (Å²) in [5, 5.41) is 9.38. The highest BCUT2D eigenvalue weighted by Gasteiger charge is 2.12. The minimum Gasteiger partial charge on any atom is -0.497 e. The Kier molecular flexibility index (Phi) is 11.0. The molecule has 1 aromatic carbocycles. The van der Waals surface area contributed by atoms with Gasteiger partial charge in [-0.2, -0.15) is 0 Å². The van der Waals surface area contributed by atoms with Crippen molar-refractivity contribution in [1.29, 1.82) is 0 Å². The van der Waals surface area contributed by atoms with Gasteiger partial charge in [0.2, 0.25) is 5.91 Å². The number of rotatable bonds is 11.